The lowest BCUT2D eigenvalue weighted by Crippen LogP contribution is -2.45. The molecule has 1 heterocycles. The lowest BCUT2D eigenvalue weighted by molar-refractivity contribution is -0.143. The standard InChI is InChI=1S/C17H25NO2/c1-13-8-7-11-18(14(13)2)12-16(17(19)20-3)15-9-5-4-6-10-15/h4-6,9-10,13-14,16H,7-8,11-12H2,1-3H3. The Bertz CT molecular complexity index is 432. The molecule has 0 N–H and O–H groups in total. The van der Waals surface area contributed by atoms with E-state index in [2.05, 4.69) is 18.7 Å². The first-order valence-corrected chi connectivity index (χ1v) is 7.50. The largest absolute Gasteiger partial charge is 0.469 e. The van der Waals surface area contributed by atoms with Gasteiger partial charge >= 0.3 is 5.97 Å². The molecule has 1 aromatic rings. The van der Waals surface area contributed by atoms with Gasteiger partial charge in [-0.3, -0.25) is 9.69 Å². The van der Waals surface area contributed by atoms with Crippen molar-refractivity contribution >= 4 is 5.97 Å². The number of carbonyl (C=O) groups is 1. The summed E-state index contributed by atoms with van der Waals surface area (Å²) in [6.45, 7) is 6.39. The summed E-state index contributed by atoms with van der Waals surface area (Å²) in [5.74, 6) is 0.369. The highest BCUT2D eigenvalue weighted by atomic mass is 16.5. The monoisotopic (exact) mass is 275 g/mol. The summed E-state index contributed by atoms with van der Waals surface area (Å²) >= 11 is 0. The molecule has 1 aliphatic rings. The molecule has 0 amide bonds. The Morgan fingerprint density at radius 1 is 1.35 bits per heavy atom. The van der Waals surface area contributed by atoms with Crippen molar-refractivity contribution < 1.29 is 9.53 Å². The van der Waals surface area contributed by atoms with E-state index in [0.29, 0.717) is 12.0 Å². The van der Waals surface area contributed by atoms with Gasteiger partial charge in [0.15, 0.2) is 0 Å². The van der Waals surface area contributed by atoms with Crippen LogP contribution in [0.25, 0.3) is 0 Å². The normalized spacial score (nSPS) is 25.1. The molecule has 1 saturated heterocycles. The lowest BCUT2D eigenvalue weighted by atomic mass is 9.90. The molecule has 0 bridgehead atoms. The molecule has 0 radical (unpaired) electrons. The number of hydrogen-bond donors (Lipinski definition) is 0. The summed E-state index contributed by atoms with van der Waals surface area (Å²) in [4.78, 5) is 14.6. The number of hydrogen-bond acceptors (Lipinski definition) is 3. The maximum absolute atomic E-state index is 12.1. The average Bonchev–Trinajstić information content (AvgIpc) is 2.49. The molecule has 2 rings (SSSR count). The van der Waals surface area contributed by atoms with Crippen LogP contribution in [0.1, 0.15) is 38.2 Å². The van der Waals surface area contributed by atoms with Crippen LogP contribution in [0.15, 0.2) is 30.3 Å². The van der Waals surface area contributed by atoms with Gasteiger partial charge < -0.3 is 4.74 Å². The second-order valence-electron chi connectivity index (χ2n) is 5.84. The van der Waals surface area contributed by atoms with Gasteiger partial charge in [0.25, 0.3) is 0 Å². The minimum absolute atomic E-state index is 0.137. The van der Waals surface area contributed by atoms with E-state index >= 15 is 0 Å². The van der Waals surface area contributed by atoms with Crippen molar-refractivity contribution in [3.8, 4) is 0 Å². The van der Waals surface area contributed by atoms with Gasteiger partial charge in [0, 0.05) is 12.6 Å². The zero-order valence-corrected chi connectivity index (χ0v) is 12.7. The molecule has 1 aliphatic heterocycles. The number of nitrogens with zero attached hydrogens (tertiary/aromatic N) is 1. The number of ether oxygens (including phenoxy) is 1. The Kier molecular flexibility index (Phi) is 5.18. The van der Waals surface area contributed by atoms with Crippen LogP contribution in [-0.2, 0) is 9.53 Å². The molecule has 0 spiro atoms. The summed E-state index contributed by atoms with van der Waals surface area (Å²) in [6.07, 6.45) is 2.50. The fourth-order valence-electron chi connectivity index (χ4n) is 3.06. The first-order valence-electron chi connectivity index (χ1n) is 7.50. The Balaban J connectivity index is 2.14. The van der Waals surface area contributed by atoms with E-state index in [1.807, 2.05) is 30.3 Å². The van der Waals surface area contributed by atoms with Crippen LogP contribution < -0.4 is 0 Å². The van der Waals surface area contributed by atoms with E-state index in [0.717, 1.165) is 18.7 Å². The van der Waals surface area contributed by atoms with Gasteiger partial charge in [-0.15, -0.1) is 0 Å². The van der Waals surface area contributed by atoms with E-state index < -0.39 is 0 Å². The van der Waals surface area contributed by atoms with Crippen molar-refractivity contribution in [2.75, 3.05) is 20.2 Å². The quantitative estimate of drug-likeness (QED) is 0.791. The third-order valence-corrected chi connectivity index (χ3v) is 4.61. The fourth-order valence-corrected chi connectivity index (χ4v) is 3.06. The molecule has 1 aromatic carbocycles. The second-order valence-corrected chi connectivity index (χ2v) is 5.84. The first-order chi connectivity index (χ1) is 9.63. The Morgan fingerprint density at radius 3 is 2.70 bits per heavy atom. The maximum Gasteiger partial charge on any atom is 0.314 e. The molecule has 3 nitrogen and oxygen atoms in total. The van der Waals surface area contributed by atoms with Crippen molar-refractivity contribution in [2.45, 2.75) is 38.6 Å². The highest BCUT2D eigenvalue weighted by Gasteiger charge is 2.30. The van der Waals surface area contributed by atoms with Gasteiger partial charge in [0.1, 0.15) is 0 Å². The molecule has 0 aliphatic carbocycles. The fraction of sp³-hybridized carbons (Fsp3) is 0.588. The van der Waals surface area contributed by atoms with Crippen LogP contribution >= 0.6 is 0 Å². The highest BCUT2D eigenvalue weighted by molar-refractivity contribution is 5.78. The van der Waals surface area contributed by atoms with Crippen molar-refractivity contribution in [3.63, 3.8) is 0 Å². The second kappa shape index (κ2) is 6.89. The summed E-state index contributed by atoms with van der Waals surface area (Å²) in [5.41, 5.74) is 1.05. The minimum Gasteiger partial charge on any atom is -0.469 e. The van der Waals surface area contributed by atoms with E-state index in [9.17, 15) is 4.79 Å². The van der Waals surface area contributed by atoms with E-state index in [-0.39, 0.29) is 11.9 Å². The van der Waals surface area contributed by atoms with Gasteiger partial charge in [0.2, 0.25) is 0 Å². The molecular weight excluding hydrogens is 250 g/mol. The summed E-state index contributed by atoms with van der Waals surface area (Å²) in [5, 5.41) is 0. The number of likely N-dealkylation sites (tertiary alicyclic amines) is 1. The first kappa shape index (κ1) is 15.0. The highest BCUT2D eigenvalue weighted by Crippen LogP contribution is 2.27. The number of carbonyl (C=O) groups excluding carboxylic acids is 1. The minimum atomic E-state index is -0.186. The number of benzene rings is 1. The molecule has 3 heteroatoms. The maximum atomic E-state index is 12.1. The Labute approximate surface area is 121 Å². The predicted molar refractivity (Wildman–Crippen MR) is 80.6 cm³/mol. The van der Waals surface area contributed by atoms with Crippen LogP contribution in [0.2, 0.25) is 0 Å². The van der Waals surface area contributed by atoms with Crippen molar-refractivity contribution in [3.05, 3.63) is 35.9 Å². The van der Waals surface area contributed by atoms with Gasteiger partial charge in [-0.05, 0) is 37.8 Å². The number of esters is 1. The molecule has 3 unspecified atom stereocenters. The SMILES string of the molecule is COC(=O)C(CN1CCCC(C)C1C)c1ccccc1. The number of rotatable bonds is 4. The van der Waals surface area contributed by atoms with Crippen molar-refractivity contribution in [2.24, 2.45) is 5.92 Å². The van der Waals surface area contributed by atoms with Gasteiger partial charge in [-0.1, -0.05) is 37.3 Å². The van der Waals surface area contributed by atoms with E-state index in [1.165, 1.54) is 20.0 Å². The zero-order valence-electron chi connectivity index (χ0n) is 12.7. The van der Waals surface area contributed by atoms with Crippen LogP contribution in [0.3, 0.4) is 0 Å². The molecule has 0 aromatic heterocycles. The summed E-state index contributed by atoms with van der Waals surface area (Å²) in [7, 11) is 1.47. The average molecular weight is 275 g/mol. The molecule has 20 heavy (non-hydrogen) atoms. The van der Waals surface area contributed by atoms with Crippen molar-refractivity contribution in [1.82, 2.24) is 4.90 Å². The molecular formula is C17H25NO2. The Morgan fingerprint density at radius 2 is 2.05 bits per heavy atom. The Hall–Kier alpha value is -1.35. The number of methoxy groups -OCH3 is 1. The lowest BCUT2D eigenvalue weighted by Gasteiger charge is -2.39. The van der Waals surface area contributed by atoms with E-state index in [4.69, 9.17) is 4.74 Å². The smallest absolute Gasteiger partial charge is 0.314 e. The topological polar surface area (TPSA) is 29.5 Å². The summed E-state index contributed by atoms with van der Waals surface area (Å²) in [6, 6.07) is 10.5. The van der Waals surface area contributed by atoms with Gasteiger partial charge in [-0.2, -0.15) is 0 Å². The third-order valence-electron chi connectivity index (χ3n) is 4.61. The van der Waals surface area contributed by atoms with E-state index in [1.54, 1.807) is 0 Å². The van der Waals surface area contributed by atoms with Crippen LogP contribution in [0.5, 0.6) is 0 Å². The van der Waals surface area contributed by atoms with Crippen LogP contribution in [-0.4, -0.2) is 37.1 Å². The van der Waals surface area contributed by atoms with Crippen LogP contribution in [0, 0.1) is 5.92 Å². The molecule has 110 valence electrons. The third kappa shape index (κ3) is 3.40. The summed E-state index contributed by atoms with van der Waals surface area (Å²) < 4.78 is 5.00. The predicted octanol–water partition coefficient (Wildman–Crippen LogP) is 3.06. The molecule has 1 fully saturated rings. The number of piperidine rings is 1. The molecule has 0 saturated carbocycles. The zero-order chi connectivity index (χ0) is 14.5. The molecule has 3 atom stereocenters. The van der Waals surface area contributed by atoms with Crippen molar-refractivity contribution in [1.29, 1.82) is 0 Å². The van der Waals surface area contributed by atoms with Gasteiger partial charge in [0.05, 0.1) is 13.0 Å². The van der Waals surface area contributed by atoms with Crippen LogP contribution in [0.4, 0.5) is 0 Å². The van der Waals surface area contributed by atoms with Gasteiger partial charge in [-0.25, -0.2) is 0 Å².